The molecule has 2 N–H and O–H groups in total. The van der Waals surface area contributed by atoms with Crippen LogP contribution in [0.15, 0.2) is 17.1 Å². The molecule has 0 unspecified atom stereocenters. The Morgan fingerprint density at radius 2 is 1.96 bits per heavy atom. The highest BCUT2D eigenvalue weighted by Gasteiger charge is 2.18. The summed E-state index contributed by atoms with van der Waals surface area (Å²) in [5, 5.41) is 6.41. The number of rotatable bonds is 7. The number of halogens is 4. The van der Waals surface area contributed by atoms with Gasteiger partial charge in [0.15, 0.2) is 5.96 Å². The average Bonchev–Trinajstić information content (AvgIpc) is 2.50. The highest BCUT2D eigenvalue weighted by Crippen LogP contribution is 2.33. The van der Waals surface area contributed by atoms with Crippen molar-refractivity contribution in [3.8, 4) is 5.75 Å². The number of ether oxygens (including phenoxy) is 2. The number of nitrogens with one attached hydrogen (secondary N) is 2. The van der Waals surface area contributed by atoms with Crippen molar-refractivity contribution >= 4 is 29.2 Å². The van der Waals surface area contributed by atoms with Crippen molar-refractivity contribution in [3.63, 3.8) is 0 Å². The second kappa shape index (κ2) is 9.25. The summed E-state index contributed by atoms with van der Waals surface area (Å²) in [5.41, 5.74) is 0.00254. The minimum Gasteiger partial charge on any atom is -0.433 e. The Morgan fingerprint density at radius 1 is 1.29 bits per heavy atom. The van der Waals surface area contributed by atoms with E-state index in [0.29, 0.717) is 23.1 Å². The van der Waals surface area contributed by atoms with Crippen LogP contribution in [0.1, 0.15) is 19.4 Å². The Balaban J connectivity index is 2.81. The van der Waals surface area contributed by atoms with Gasteiger partial charge in [-0.2, -0.15) is 8.78 Å². The molecule has 5 nitrogen and oxygen atoms in total. The minimum atomic E-state index is -2.98. The number of alkyl halides is 2. The van der Waals surface area contributed by atoms with Crippen molar-refractivity contribution in [2.75, 3.05) is 20.7 Å². The molecular formula is C15H21Cl2F2N3O2. The van der Waals surface area contributed by atoms with Gasteiger partial charge < -0.3 is 20.1 Å². The fourth-order valence-corrected chi connectivity index (χ4v) is 2.31. The van der Waals surface area contributed by atoms with Crippen LogP contribution in [0, 0.1) is 0 Å². The molecule has 0 aromatic heterocycles. The third-order valence-electron chi connectivity index (χ3n) is 3.20. The first-order chi connectivity index (χ1) is 11.2. The molecular weight excluding hydrogens is 363 g/mol. The molecule has 1 aromatic rings. The normalized spacial score (nSPS) is 12.5. The Labute approximate surface area is 150 Å². The molecule has 0 saturated heterocycles. The number of hydrogen-bond acceptors (Lipinski definition) is 3. The molecule has 24 heavy (non-hydrogen) atoms. The molecule has 0 bridgehead atoms. The predicted molar refractivity (Wildman–Crippen MR) is 92.4 cm³/mol. The van der Waals surface area contributed by atoms with Gasteiger partial charge in [-0.3, -0.25) is 4.99 Å². The zero-order chi connectivity index (χ0) is 18.3. The van der Waals surface area contributed by atoms with E-state index in [1.54, 1.807) is 14.2 Å². The van der Waals surface area contributed by atoms with E-state index in [9.17, 15) is 8.78 Å². The van der Waals surface area contributed by atoms with Crippen molar-refractivity contribution in [2.45, 2.75) is 32.6 Å². The van der Waals surface area contributed by atoms with E-state index in [2.05, 4.69) is 20.4 Å². The first-order valence-corrected chi connectivity index (χ1v) is 7.86. The SMILES string of the molecule is CN=C(NCc1cc(Cl)cc(Cl)c1OC(F)F)NCC(C)(C)OC. The summed E-state index contributed by atoms with van der Waals surface area (Å²) < 4.78 is 34.9. The third-order valence-corrected chi connectivity index (χ3v) is 3.70. The van der Waals surface area contributed by atoms with Crippen LogP contribution in [0.4, 0.5) is 8.78 Å². The van der Waals surface area contributed by atoms with Crippen LogP contribution in [-0.4, -0.2) is 38.9 Å². The number of nitrogens with zero attached hydrogens (tertiary/aromatic N) is 1. The molecule has 0 amide bonds. The van der Waals surface area contributed by atoms with E-state index < -0.39 is 6.61 Å². The smallest absolute Gasteiger partial charge is 0.387 e. The highest BCUT2D eigenvalue weighted by molar-refractivity contribution is 6.35. The number of methoxy groups -OCH3 is 1. The van der Waals surface area contributed by atoms with Crippen molar-refractivity contribution in [3.05, 3.63) is 27.7 Å². The molecule has 0 saturated carbocycles. The second-order valence-corrected chi connectivity index (χ2v) is 6.34. The minimum absolute atomic E-state index is 0.0167. The van der Waals surface area contributed by atoms with Gasteiger partial charge in [-0.25, -0.2) is 0 Å². The van der Waals surface area contributed by atoms with E-state index in [1.165, 1.54) is 12.1 Å². The van der Waals surface area contributed by atoms with Gasteiger partial charge in [-0.05, 0) is 26.0 Å². The van der Waals surface area contributed by atoms with Crippen LogP contribution in [0.25, 0.3) is 0 Å². The molecule has 0 radical (unpaired) electrons. The highest BCUT2D eigenvalue weighted by atomic mass is 35.5. The van der Waals surface area contributed by atoms with Crippen molar-refractivity contribution in [2.24, 2.45) is 4.99 Å². The molecule has 0 atom stereocenters. The number of guanidine groups is 1. The molecule has 1 rings (SSSR count). The van der Waals surface area contributed by atoms with Gasteiger partial charge in [0.25, 0.3) is 0 Å². The standard InChI is InChI=1S/C15H21Cl2F2N3O2/c1-15(2,23-4)8-22-14(20-3)21-7-9-5-10(16)6-11(17)12(9)24-13(18)19/h5-6,13H,7-8H2,1-4H3,(H2,20,21,22). The van der Waals surface area contributed by atoms with Gasteiger partial charge in [0.1, 0.15) is 5.75 Å². The molecule has 0 aliphatic heterocycles. The fourth-order valence-electron chi connectivity index (χ4n) is 1.73. The van der Waals surface area contributed by atoms with Crippen molar-refractivity contribution < 1.29 is 18.3 Å². The number of benzene rings is 1. The van der Waals surface area contributed by atoms with Crippen LogP contribution in [0.5, 0.6) is 5.75 Å². The monoisotopic (exact) mass is 383 g/mol. The van der Waals surface area contributed by atoms with Crippen molar-refractivity contribution in [1.82, 2.24) is 10.6 Å². The molecule has 0 heterocycles. The van der Waals surface area contributed by atoms with Crippen LogP contribution < -0.4 is 15.4 Å². The number of hydrogen-bond donors (Lipinski definition) is 2. The van der Waals surface area contributed by atoms with Gasteiger partial charge in [0.05, 0.1) is 10.6 Å². The third kappa shape index (κ3) is 6.67. The zero-order valence-electron chi connectivity index (χ0n) is 13.9. The van der Waals surface area contributed by atoms with E-state index in [-0.39, 0.29) is 22.9 Å². The first-order valence-electron chi connectivity index (χ1n) is 7.11. The molecule has 0 aliphatic carbocycles. The average molecular weight is 384 g/mol. The van der Waals surface area contributed by atoms with Gasteiger partial charge >= 0.3 is 6.61 Å². The summed E-state index contributed by atoms with van der Waals surface area (Å²) in [5.74, 6) is 0.357. The second-order valence-electron chi connectivity index (χ2n) is 5.50. The molecule has 0 spiro atoms. The maximum absolute atomic E-state index is 12.6. The van der Waals surface area contributed by atoms with Crippen molar-refractivity contribution in [1.29, 1.82) is 0 Å². The van der Waals surface area contributed by atoms with Crippen LogP contribution in [0.3, 0.4) is 0 Å². The van der Waals surface area contributed by atoms with Gasteiger partial charge in [-0.15, -0.1) is 0 Å². The summed E-state index contributed by atoms with van der Waals surface area (Å²) in [4.78, 5) is 4.06. The summed E-state index contributed by atoms with van der Waals surface area (Å²) in [6.45, 7) is 1.49. The van der Waals surface area contributed by atoms with Crippen LogP contribution >= 0.6 is 23.2 Å². The Morgan fingerprint density at radius 3 is 2.50 bits per heavy atom. The lowest BCUT2D eigenvalue weighted by atomic mass is 10.1. The van der Waals surface area contributed by atoms with Gasteiger partial charge in [-0.1, -0.05) is 23.2 Å². The Hall–Kier alpha value is -1.31. The summed E-state index contributed by atoms with van der Waals surface area (Å²) >= 11 is 11.9. The lowest BCUT2D eigenvalue weighted by molar-refractivity contribution is -0.0504. The first kappa shape index (κ1) is 20.7. The molecule has 0 fully saturated rings. The Kier molecular flexibility index (Phi) is 7.99. The maximum Gasteiger partial charge on any atom is 0.387 e. The fraction of sp³-hybridized carbons (Fsp3) is 0.533. The van der Waals surface area contributed by atoms with E-state index in [1.807, 2.05) is 13.8 Å². The Bertz CT molecular complexity index is 584. The van der Waals surface area contributed by atoms with E-state index in [4.69, 9.17) is 27.9 Å². The lowest BCUT2D eigenvalue weighted by Gasteiger charge is -2.24. The molecule has 9 heteroatoms. The number of aliphatic imine (C=N–C) groups is 1. The van der Waals surface area contributed by atoms with Gasteiger partial charge in [0.2, 0.25) is 0 Å². The molecule has 136 valence electrons. The van der Waals surface area contributed by atoms with Crippen LogP contribution in [0.2, 0.25) is 10.0 Å². The maximum atomic E-state index is 12.6. The molecule has 1 aromatic carbocycles. The lowest BCUT2D eigenvalue weighted by Crippen LogP contribution is -2.45. The quantitative estimate of drug-likeness (QED) is 0.556. The van der Waals surface area contributed by atoms with Gasteiger partial charge in [0, 0.05) is 37.8 Å². The van der Waals surface area contributed by atoms with Crippen LogP contribution in [-0.2, 0) is 11.3 Å². The zero-order valence-corrected chi connectivity index (χ0v) is 15.4. The predicted octanol–water partition coefficient (Wildman–Crippen LogP) is 3.68. The van der Waals surface area contributed by atoms with E-state index >= 15 is 0 Å². The molecule has 0 aliphatic rings. The van der Waals surface area contributed by atoms with E-state index in [0.717, 1.165) is 0 Å². The summed E-state index contributed by atoms with van der Waals surface area (Å²) in [7, 11) is 3.20. The summed E-state index contributed by atoms with van der Waals surface area (Å²) in [6, 6.07) is 2.85. The summed E-state index contributed by atoms with van der Waals surface area (Å²) in [6.07, 6.45) is 0. The topological polar surface area (TPSA) is 54.9 Å². The largest absolute Gasteiger partial charge is 0.433 e.